The van der Waals surface area contributed by atoms with Crippen molar-refractivity contribution < 1.29 is 10.2 Å². The van der Waals surface area contributed by atoms with Gasteiger partial charge in [-0.15, -0.1) is 0 Å². The van der Waals surface area contributed by atoms with Crippen molar-refractivity contribution in [2.45, 2.75) is 11.8 Å². The highest BCUT2D eigenvalue weighted by Gasteiger charge is 2.33. The van der Waals surface area contributed by atoms with E-state index in [0.29, 0.717) is 27.1 Å². The Hall–Kier alpha value is -0.770. The van der Waals surface area contributed by atoms with E-state index >= 15 is 0 Å². The molecule has 2 aromatic carbocycles. The van der Waals surface area contributed by atoms with Crippen LogP contribution in [0.2, 0.25) is 15.1 Å². The van der Waals surface area contributed by atoms with Gasteiger partial charge in [-0.3, -0.25) is 0 Å². The summed E-state index contributed by atoms with van der Waals surface area (Å²) in [4.78, 5) is 0. The Balaban J connectivity index is 2.46. The third-order valence-electron chi connectivity index (χ3n) is 3.59. The number of hydrogen-bond acceptors (Lipinski definition) is 2. The molecule has 0 heterocycles. The third kappa shape index (κ3) is 3.53. The number of hydrogen-bond donors (Lipinski definition) is 2. The summed E-state index contributed by atoms with van der Waals surface area (Å²) >= 11 is 18.3. The fourth-order valence-corrected chi connectivity index (χ4v) is 3.16. The molecular weight excluding hydrogens is 331 g/mol. The highest BCUT2D eigenvalue weighted by atomic mass is 35.5. The molecule has 0 bridgehead atoms. The maximum Gasteiger partial charge on any atom is 0.0553 e. The van der Waals surface area contributed by atoms with E-state index < -0.39 is 5.41 Å². The molecule has 112 valence electrons. The first-order valence-electron chi connectivity index (χ1n) is 6.43. The Kier molecular flexibility index (Phi) is 5.53. The average molecular weight is 346 g/mol. The van der Waals surface area contributed by atoms with Gasteiger partial charge in [0.25, 0.3) is 0 Å². The number of aliphatic hydroxyl groups is 2. The number of halogens is 3. The van der Waals surface area contributed by atoms with Gasteiger partial charge < -0.3 is 10.2 Å². The van der Waals surface area contributed by atoms with Gasteiger partial charge in [0.2, 0.25) is 0 Å². The second kappa shape index (κ2) is 6.99. The maximum absolute atomic E-state index is 9.87. The summed E-state index contributed by atoms with van der Waals surface area (Å²) in [6.45, 7) is -0.488. The van der Waals surface area contributed by atoms with Gasteiger partial charge in [0.15, 0.2) is 0 Å². The van der Waals surface area contributed by atoms with E-state index in [1.54, 1.807) is 36.4 Å². The van der Waals surface area contributed by atoms with Crippen LogP contribution in [0, 0.1) is 0 Å². The standard InChI is InChI=1S/C16H15Cl3O2/c17-12-6-5-11(15(19)7-12)8-16(9-20,10-21)13-3-1-2-4-14(13)18/h1-7,20-21H,8-10H2. The van der Waals surface area contributed by atoms with Crippen molar-refractivity contribution in [1.82, 2.24) is 0 Å². The second-order valence-electron chi connectivity index (χ2n) is 4.99. The Labute approximate surface area is 138 Å². The molecule has 0 saturated carbocycles. The van der Waals surface area contributed by atoms with Crippen molar-refractivity contribution in [3.8, 4) is 0 Å². The molecule has 21 heavy (non-hydrogen) atoms. The molecule has 0 aliphatic carbocycles. The van der Waals surface area contributed by atoms with E-state index in [1.807, 2.05) is 6.07 Å². The van der Waals surface area contributed by atoms with Crippen LogP contribution in [-0.2, 0) is 11.8 Å². The number of benzene rings is 2. The van der Waals surface area contributed by atoms with Crippen LogP contribution in [-0.4, -0.2) is 23.4 Å². The zero-order valence-electron chi connectivity index (χ0n) is 11.2. The Morgan fingerprint density at radius 2 is 1.52 bits per heavy atom. The summed E-state index contributed by atoms with van der Waals surface area (Å²) in [5.74, 6) is 0. The van der Waals surface area contributed by atoms with Crippen LogP contribution in [0.25, 0.3) is 0 Å². The van der Waals surface area contributed by atoms with Crippen LogP contribution in [0.5, 0.6) is 0 Å². The molecule has 0 saturated heterocycles. The normalized spacial score (nSPS) is 11.7. The average Bonchev–Trinajstić information content (AvgIpc) is 2.48. The lowest BCUT2D eigenvalue weighted by Gasteiger charge is -2.31. The summed E-state index contributed by atoms with van der Waals surface area (Å²) < 4.78 is 0. The highest BCUT2D eigenvalue weighted by Crippen LogP contribution is 2.35. The summed E-state index contributed by atoms with van der Waals surface area (Å²) in [5, 5.41) is 21.3. The monoisotopic (exact) mass is 344 g/mol. The van der Waals surface area contributed by atoms with Crippen LogP contribution in [0.3, 0.4) is 0 Å². The Morgan fingerprint density at radius 1 is 0.857 bits per heavy atom. The minimum absolute atomic E-state index is 0.244. The van der Waals surface area contributed by atoms with E-state index in [2.05, 4.69) is 0 Å². The molecule has 0 amide bonds. The molecule has 0 spiro atoms. The lowest BCUT2D eigenvalue weighted by Crippen LogP contribution is -2.37. The van der Waals surface area contributed by atoms with Crippen molar-refractivity contribution in [2.75, 3.05) is 13.2 Å². The molecule has 0 aliphatic rings. The predicted octanol–water partition coefficient (Wildman–Crippen LogP) is 4.11. The zero-order valence-corrected chi connectivity index (χ0v) is 13.5. The van der Waals surface area contributed by atoms with E-state index in [4.69, 9.17) is 34.8 Å². The van der Waals surface area contributed by atoms with Gasteiger partial charge in [0, 0.05) is 20.5 Å². The van der Waals surface area contributed by atoms with Gasteiger partial charge in [0.1, 0.15) is 0 Å². The number of rotatable bonds is 5. The molecule has 0 atom stereocenters. The van der Waals surface area contributed by atoms with Crippen LogP contribution >= 0.6 is 34.8 Å². The van der Waals surface area contributed by atoms with Crippen molar-refractivity contribution in [1.29, 1.82) is 0 Å². The first-order chi connectivity index (χ1) is 10.0. The quantitative estimate of drug-likeness (QED) is 0.856. The fraction of sp³-hybridized carbons (Fsp3) is 0.250. The second-order valence-corrected chi connectivity index (χ2v) is 6.24. The van der Waals surface area contributed by atoms with Crippen molar-refractivity contribution in [3.63, 3.8) is 0 Å². The molecular formula is C16H15Cl3O2. The van der Waals surface area contributed by atoms with E-state index in [0.717, 1.165) is 5.56 Å². The molecule has 2 N–H and O–H groups in total. The Morgan fingerprint density at radius 3 is 2.10 bits per heavy atom. The first-order valence-corrected chi connectivity index (χ1v) is 7.56. The molecule has 0 fully saturated rings. The van der Waals surface area contributed by atoms with Gasteiger partial charge >= 0.3 is 0 Å². The van der Waals surface area contributed by atoms with E-state index in [9.17, 15) is 10.2 Å². The van der Waals surface area contributed by atoms with Gasteiger partial charge in [-0.25, -0.2) is 0 Å². The summed E-state index contributed by atoms with van der Waals surface area (Å²) in [6, 6.07) is 12.3. The molecule has 0 unspecified atom stereocenters. The summed E-state index contributed by atoms with van der Waals surface area (Å²) in [6.07, 6.45) is 0.361. The van der Waals surface area contributed by atoms with Crippen LogP contribution in [0.4, 0.5) is 0 Å². The van der Waals surface area contributed by atoms with E-state index in [-0.39, 0.29) is 13.2 Å². The van der Waals surface area contributed by atoms with Gasteiger partial charge in [-0.2, -0.15) is 0 Å². The maximum atomic E-state index is 9.87. The minimum atomic E-state index is -0.893. The predicted molar refractivity (Wildman–Crippen MR) is 87.5 cm³/mol. The van der Waals surface area contributed by atoms with E-state index in [1.165, 1.54) is 0 Å². The smallest absolute Gasteiger partial charge is 0.0553 e. The molecule has 2 nitrogen and oxygen atoms in total. The SMILES string of the molecule is OCC(CO)(Cc1ccc(Cl)cc1Cl)c1ccccc1Cl. The molecule has 0 aromatic heterocycles. The molecule has 2 rings (SSSR count). The third-order valence-corrected chi connectivity index (χ3v) is 4.51. The van der Waals surface area contributed by atoms with Gasteiger partial charge in [-0.05, 0) is 35.7 Å². The van der Waals surface area contributed by atoms with Crippen molar-refractivity contribution in [2.24, 2.45) is 0 Å². The number of aliphatic hydroxyl groups excluding tert-OH is 2. The molecule has 0 aliphatic heterocycles. The van der Waals surface area contributed by atoms with Crippen molar-refractivity contribution >= 4 is 34.8 Å². The van der Waals surface area contributed by atoms with Crippen LogP contribution < -0.4 is 0 Å². The zero-order chi connectivity index (χ0) is 15.5. The van der Waals surface area contributed by atoms with Gasteiger partial charge in [0.05, 0.1) is 13.2 Å². The topological polar surface area (TPSA) is 40.5 Å². The summed E-state index contributed by atoms with van der Waals surface area (Å²) in [7, 11) is 0. The minimum Gasteiger partial charge on any atom is -0.395 e. The fourth-order valence-electron chi connectivity index (χ4n) is 2.35. The van der Waals surface area contributed by atoms with Gasteiger partial charge in [-0.1, -0.05) is 59.1 Å². The highest BCUT2D eigenvalue weighted by molar-refractivity contribution is 6.35. The lowest BCUT2D eigenvalue weighted by atomic mass is 9.77. The Bertz CT molecular complexity index is 625. The molecule has 5 heteroatoms. The molecule has 0 radical (unpaired) electrons. The van der Waals surface area contributed by atoms with Crippen LogP contribution in [0.1, 0.15) is 11.1 Å². The summed E-state index contributed by atoms with van der Waals surface area (Å²) in [5.41, 5.74) is 0.599. The van der Waals surface area contributed by atoms with Crippen LogP contribution in [0.15, 0.2) is 42.5 Å². The lowest BCUT2D eigenvalue weighted by molar-refractivity contribution is 0.116. The largest absolute Gasteiger partial charge is 0.395 e. The molecule has 2 aromatic rings. The van der Waals surface area contributed by atoms with Crippen molar-refractivity contribution in [3.05, 3.63) is 68.7 Å². The first kappa shape index (κ1) is 16.6.